The number of ether oxygens (including phenoxy) is 1. The summed E-state index contributed by atoms with van der Waals surface area (Å²) < 4.78 is 42.6. The summed E-state index contributed by atoms with van der Waals surface area (Å²) in [6, 6.07) is 4.74. The molecule has 1 fully saturated rings. The summed E-state index contributed by atoms with van der Waals surface area (Å²) in [6.07, 6.45) is -4.37. The van der Waals surface area contributed by atoms with Crippen LogP contribution in [0, 0.1) is 0 Å². The Bertz CT molecular complexity index is 507. The van der Waals surface area contributed by atoms with Crippen LogP contribution in [0.5, 0.6) is 5.75 Å². The summed E-state index contributed by atoms with van der Waals surface area (Å²) in [4.78, 5) is 13.8. The van der Waals surface area contributed by atoms with Gasteiger partial charge in [-0.3, -0.25) is 4.79 Å². The molecule has 0 bridgehead atoms. The second kappa shape index (κ2) is 6.56. The molecule has 1 aliphatic rings. The highest BCUT2D eigenvalue weighted by Gasteiger charge is 2.30. The first-order valence-corrected chi connectivity index (χ1v) is 7.09. The summed E-state index contributed by atoms with van der Waals surface area (Å²) in [5, 5.41) is 3.32. The molecule has 0 spiro atoms. The number of amides is 1. The Balaban J connectivity index is 1.88. The molecule has 1 amide bonds. The van der Waals surface area contributed by atoms with E-state index in [1.54, 1.807) is 4.90 Å². The zero-order chi connectivity index (χ0) is 16.3. The lowest BCUT2D eigenvalue weighted by Crippen LogP contribution is -2.56. The number of alkyl halides is 3. The molecule has 7 heteroatoms. The third-order valence-corrected chi connectivity index (χ3v) is 3.45. The van der Waals surface area contributed by atoms with E-state index in [2.05, 4.69) is 5.32 Å². The molecule has 1 aliphatic heterocycles. The second-order valence-electron chi connectivity index (χ2n) is 5.58. The van der Waals surface area contributed by atoms with Gasteiger partial charge in [-0.05, 0) is 38.1 Å². The number of nitrogens with zero attached hydrogens (tertiary/aromatic N) is 1. The fourth-order valence-corrected chi connectivity index (χ4v) is 2.51. The smallest absolute Gasteiger partial charge is 0.416 e. The maximum atomic E-state index is 12.4. The van der Waals surface area contributed by atoms with E-state index in [1.807, 2.05) is 13.8 Å². The van der Waals surface area contributed by atoms with Crippen LogP contribution < -0.4 is 10.1 Å². The highest BCUT2D eigenvalue weighted by Crippen LogP contribution is 2.30. The predicted octanol–water partition coefficient (Wildman–Crippen LogP) is 2.29. The number of carbonyl (C=O) groups excluding carboxylic acids is 1. The van der Waals surface area contributed by atoms with Crippen LogP contribution in [0.3, 0.4) is 0 Å². The molecular weight excluding hydrogens is 297 g/mol. The fourth-order valence-electron chi connectivity index (χ4n) is 2.51. The van der Waals surface area contributed by atoms with Crippen LogP contribution in [0.4, 0.5) is 13.2 Å². The van der Waals surface area contributed by atoms with Crippen LogP contribution in [0.15, 0.2) is 24.3 Å². The Morgan fingerprint density at radius 1 is 1.23 bits per heavy atom. The molecule has 0 radical (unpaired) electrons. The van der Waals surface area contributed by atoms with Gasteiger partial charge in [0.25, 0.3) is 5.91 Å². The monoisotopic (exact) mass is 316 g/mol. The molecule has 0 aliphatic carbocycles. The van der Waals surface area contributed by atoms with Gasteiger partial charge in [-0.25, -0.2) is 0 Å². The molecule has 1 heterocycles. The van der Waals surface area contributed by atoms with Crippen LogP contribution in [0.2, 0.25) is 0 Å². The topological polar surface area (TPSA) is 41.6 Å². The van der Waals surface area contributed by atoms with Crippen LogP contribution in [0.25, 0.3) is 0 Å². The number of hydrogen-bond donors (Lipinski definition) is 1. The third kappa shape index (κ3) is 4.37. The van der Waals surface area contributed by atoms with Gasteiger partial charge >= 0.3 is 6.18 Å². The Kier molecular flexibility index (Phi) is 4.95. The van der Waals surface area contributed by atoms with Crippen LogP contribution in [-0.4, -0.2) is 42.6 Å². The van der Waals surface area contributed by atoms with E-state index in [1.165, 1.54) is 12.1 Å². The van der Waals surface area contributed by atoms with Gasteiger partial charge in [0, 0.05) is 25.2 Å². The van der Waals surface area contributed by atoms with Crippen molar-refractivity contribution in [2.75, 3.05) is 19.7 Å². The van der Waals surface area contributed by atoms with E-state index < -0.39 is 11.7 Å². The third-order valence-electron chi connectivity index (χ3n) is 3.45. The summed E-state index contributed by atoms with van der Waals surface area (Å²) in [7, 11) is 0. The minimum atomic E-state index is -4.37. The van der Waals surface area contributed by atoms with Crippen LogP contribution in [0.1, 0.15) is 19.4 Å². The standard InChI is InChI=1S/C15H19F3N2O2/c1-10-7-20(8-11(2)19-10)14(21)9-22-13-5-3-12(4-6-13)15(16,17)18/h3-6,10-11,19H,7-9H2,1-2H3/t10-,11+. The Morgan fingerprint density at radius 3 is 2.27 bits per heavy atom. The van der Waals surface area contributed by atoms with Gasteiger partial charge in [0.1, 0.15) is 5.75 Å². The number of nitrogens with one attached hydrogen (secondary N) is 1. The first kappa shape index (κ1) is 16.6. The molecule has 2 rings (SSSR count). The van der Waals surface area contributed by atoms with E-state index in [4.69, 9.17) is 4.74 Å². The zero-order valence-electron chi connectivity index (χ0n) is 12.5. The van der Waals surface area contributed by atoms with Gasteiger partial charge in [0.2, 0.25) is 0 Å². The number of halogens is 3. The average Bonchev–Trinajstić information content (AvgIpc) is 2.43. The number of rotatable bonds is 3. The minimum Gasteiger partial charge on any atom is -0.484 e. The van der Waals surface area contributed by atoms with E-state index in [-0.39, 0.29) is 30.3 Å². The summed E-state index contributed by atoms with van der Waals surface area (Å²) in [5.74, 6) is 0.0812. The van der Waals surface area contributed by atoms with E-state index in [9.17, 15) is 18.0 Å². The van der Waals surface area contributed by atoms with E-state index in [0.717, 1.165) is 12.1 Å². The highest BCUT2D eigenvalue weighted by molar-refractivity contribution is 5.78. The van der Waals surface area contributed by atoms with Crippen molar-refractivity contribution >= 4 is 5.91 Å². The number of piperazine rings is 1. The predicted molar refractivity (Wildman–Crippen MR) is 75.6 cm³/mol. The first-order chi connectivity index (χ1) is 10.3. The molecule has 4 nitrogen and oxygen atoms in total. The SMILES string of the molecule is C[C@@H]1CN(C(=O)COc2ccc(C(F)(F)F)cc2)C[C@H](C)N1. The largest absolute Gasteiger partial charge is 0.484 e. The molecule has 1 N–H and O–H groups in total. The molecule has 1 aromatic carbocycles. The van der Waals surface area contributed by atoms with Crippen molar-refractivity contribution in [2.24, 2.45) is 0 Å². The van der Waals surface area contributed by atoms with Crippen molar-refractivity contribution in [3.05, 3.63) is 29.8 Å². The maximum absolute atomic E-state index is 12.4. The summed E-state index contributed by atoms with van der Waals surface area (Å²) >= 11 is 0. The molecule has 2 atom stereocenters. The minimum absolute atomic E-state index is 0.167. The molecular formula is C15H19F3N2O2. The normalized spacial score (nSPS) is 22.5. The molecule has 122 valence electrons. The Hall–Kier alpha value is -1.76. The lowest BCUT2D eigenvalue weighted by molar-refractivity contribution is -0.138. The summed E-state index contributed by atoms with van der Waals surface area (Å²) in [5.41, 5.74) is -0.740. The molecule has 0 saturated carbocycles. The van der Waals surface area contributed by atoms with Gasteiger partial charge in [-0.15, -0.1) is 0 Å². The molecule has 0 unspecified atom stereocenters. The molecule has 1 aromatic rings. The molecule has 1 saturated heterocycles. The van der Waals surface area contributed by atoms with Crippen LogP contribution in [-0.2, 0) is 11.0 Å². The van der Waals surface area contributed by atoms with Gasteiger partial charge in [0.05, 0.1) is 5.56 Å². The second-order valence-corrected chi connectivity index (χ2v) is 5.58. The van der Waals surface area contributed by atoms with Crippen molar-refractivity contribution < 1.29 is 22.7 Å². The van der Waals surface area contributed by atoms with Crippen molar-refractivity contribution in [1.29, 1.82) is 0 Å². The molecule has 22 heavy (non-hydrogen) atoms. The number of benzene rings is 1. The van der Waals surface area contributed by atoms with Crippen molar-refractivity contribution in [3.8, 4) is 5.75 Å². The quantitative estimate of drug-likeness (QED) is 0.930. The van der Waals surface area contributed by atoms with Crippen molar-refractivity contribution in [3.63, 3.8) is 0 Å². The van der Waals surface area contributed by atoms with E-state index >= 15 is 0 Å². The number of carbonyl (C=O) groups is 1. The lowest BCUT2D eigenvalue weighted by atomic mass is 10.1. The fraction of sp³-hybridized carbons (Fsp3) is 0.533. The van der Waals surface area contributed by atoms with Crippen molar-refractivity contribution in [1.82, 2.24) is 10.2 Å². The Labute approximate surface area is 127 Å². The molecule has 0 aromatic heterocycles. The highest BCUT2D eigenvalue weighted by atomic mass is 19.4. The van der Waals surface area contributed by atoms with Gasteiger partial charge in [0.15, 0.2) is 6.61 Å². The zero-order valence-corrected chi connectivity index (χ0v) is 12.5. The Morgan fingerprint density at radius 2 is 1.77 bits per heavy atom. The maximum Gasteiger partial charge on any atom is 0.416 e. The van der Waals surface area contributed by atoms with E-state index in [0.29, 0.717) is 13.1 Å². The van der Waals surface area contributed by atoms with Gasteiger partial charge < -0.3 is 15.0 Å². The average molecular weight is 316 g/mol. The summed E-state index contributed by atoms with van der Waals surface area (Å²) in [6.45, 7) is 5.00. The van der Waals surface area contributed by atoms with Crippen LogP contribution >= 0.6 is 0 Å². The van der Waals surface area contributed by atoms with Crippen molar-refractivity contribution in [2.45, 2.75) is 32.1 Å². The first-order valence-electron chi connectivity index (χ1n) is 7.09. The number of hydrogen-bond acceptors (Lipinski definition) is 3. The van der Waals surface area contributed by atoms with Gasteiger partial charge in [-0.2, -0.15) is 13.2 Å². The lowest BCUT2D eigenvalue weighted by Gasteiger charge is -2.36. The van der Waals surface area contributed by atoms with Gasteiger partial charge in [-0.1, -0.05) is 0 Å².